The molecule has 0 aliphatic heterocycles. The minimum Gasteiger partial charge on any atom is -0.494 e. The number of carbonyl (C=O) groups excluding carboxylic acids is 1. The zero-order valence-corrected chi connectivity index (χ0v) is 12.7. The van der Waals surface area contributed by atoms with Crippen molar-refractivity contribution in [2.24, 2.45) is 0 Å². The second kappa shape index (κ2) is 9.37. The molecule has 0 spiro atoms. The van der Waals surface area contributed by atoms with Crippen LogP contribution in [0.3, 0.4) is 0 Å². The van der Waals surface area contributed by atoms with E-state index >= 15 is 0 Å². The third kappa shape index (κ3) is 6.06. The number of nitrogens with one attached hydrogen (secondary N) is 2. The Labute approximate surface area is 121 Å². The summed E-state index contributed by atoms with van der Waals surface area (Å²) in [6.45, 7) is 5.48. The summed E-state index contributed by atoms with van der Waals surface area (Å²) in [6, 6.07) is 7.82. The fourth-order valence-corrected chi connectivity index (χ4v) is 1.83. The summed E-state index contributed by atoms with van der Waals surface area (Å²) in [6.07, 6.45) is 3.51. The quantitative estimate of drug-likeness (QED) is 0.682. The first kappa shape index (κ1) is 16.5. The van der Waals surface area contributed by atoms with E-state index in [0.29, 0.717) is 6.54 Å². The maximum absolute atomic E-state index is 11.4. The summed E-state index contributed by atoms with van der Waals surface area (Å²) in [5, 5.41) is 5.80. The van der Waals surface area contributed by atoms with Crippen LogP contribution in [0.25, 0.3) is 0 Å². The molecular formula is C16H26N2O2. The molecule has 20 heavy (non-hydrogen) atoms. The molecule has 2 N–H and O–H groups in total. The number of benzene rings is 1. The van der Waals surface area contributed by atoms with Crippen molar-refractivity contribution in [3.8, 4) is 5.75 Å². The van der Waals surface area contributed by atoms with Gasteiger partial charge in [-0.2, -0.15) is 0 Å². The number of unbranched alkanes of at least 4 members (excludes halogenated alkanes) is 2. The lowest BCUT2D eigenvalue weighted by Crippen LogP contribution is -2.40. The highest BCUT2D eigenvalue weighted by molar-refractivity contribution is 5.80. The van der Waals surface area contributed by atoms with E-state index in [-0.39, 0.29) is 11.9 Å². The molecule has 1 amide bonds. The molecule has 0 aromatic heterocycles. The second-order valence-electron chi connectivity index (χ2n) is 4.92. The molecular weight excluding hydrogens is 252 g/mol. The van der Waals surface area contributed by atoms with Gasteiger partial charge < -0.3 is 15.4 Å². The smallest absolute Gasteiger partial charge is 0.236 e. The number of amides is 1. The maximum atomic E-state index is 11.4. The Morgan fingerprint density at radius 3 is 2.55 bits per heavy atom. The first-order valence-electron chi connectivity index (χ1n) is 7.34. The van der Waals surface area contributed by atoms with Crippen LogP contribution in [0.1, 0.15) is 38.7 Å². The van der Waals surface area contributed by atoms with Crippen molar-refractivity contribution in [1.82, 2.24) is 10.6 Å². The Kier molecular flexibility index (Phi) is 7.73. The van der Waals surface area contributed by atoms with Crippen molar-refractivity contribution >= 4 is 5.91 Å². The molecule has 0 saturated heterocycles. The van der Waals surface area contributed by atoms with Gasteiger partial charge in [0.25, 0.3) is 0 Å². The van der Waals surface area contributed by atoms with Crippen molar-refractivity contribution in [1.29, 1.82) is 0 Å². The predicted molar refractivity (Wildman–Crippen MR) is 81.8 cm³/mol. The zero-order valence-electron chi connectivity index (χ0n) is 12.7. The highest BCUT2D eigenvalue weighted by Crippen LogP contribution is 2.13. The lowest BCUT2D eigenvalue weighted by atomic mass is 10.2. The van der Waals surface area contributed by atoms with Crippen molar-refractivity contribution in [3.05, 3.63) is 29.8 Å². The van der Waals surface area contributed by atoms with Gasteiger partial charge >= 0.3 is 0 Å². The molecule has 4 nitrogen and oxygen atoms in total. The molecule has 0 bridgehead atoms. The van der Waals surface area contributed by atoms with Crippen LogP contribution in [-0.4, -0.2) is 25.6 Å². The van der Waals surface area contributed by atoms with E-state index in [9.17, 15) is 4.79 Å². The number of ether oxygens (including phenoxy) is 1. The van der Waals surface area contributed by atoms with Gasteiger partial charge in [0, 0.05) is 13.6 Å². The number of likely N-dealkylation sites (N-methyl/N-ethyl adjacent to an activating group) is 1. The lowest BCUT2D eigenvalue weighted by Gasteiger charge is -2.12. The fraction of sp³-hybridized carbons (Fsp3) is 0.562. The third-order valence-corrected chi connectivity index (χ3v) is 3.19. The molecule has 1 atom stereocenters. The van der Waals surface area contributed by atoms with E-state index < -0.39 is 0 Å². The normalized spacial score (nSPS) is 11.9. The van der Waals surface area contributed by atoms with Crippen molar-refractivity contribution in [2.45, 2.75) is 45.7 Å². The van der Waals surface area contributed by atoms with Crippen LogP contribution in [0.5, 0.6) is 5.75 Å². The average Bonchev–Trinajstić information content (AvgIpc) is 2.49. The van der Waals surface area contributed by atoms with Gasteiger partial charge in [-0.05, 0) is 31.0 Å². The van der Waals surface area contributed by atoms with Crippen LogP contribution >= 0.6 is 0 Å². The highest BCUT2D eigenvalue weighted by Gasteiger charge is 2.09. The van der Waals surface area contributed by atoms with Crippen molar-refractivity contribution in [2.75, 3.05) is 13.7 Å². The molecule has 0 fully saturated rings. The number of carbonyl (C=O) groups is 1. The summed E-state index contributed by atoms with van der Waals surface area (Å²) < 4.78 is 5.66. The summed E-state index contributed by atoms with van der Waals surface area (Å²) in [4.78, 5) is 11.4. The molecule has 1 aromatic carbocycles. The Bertz CT molecular complexity index is 390. The Morgan fingerprint density at radius 1 is 1.25 bits per heavy atom. The number of rotatable bonds is 9. The van der Waals surface area contributed by atoms with Gasteiger partial charge in [0.1, 0.15) is 5.75 Å². The van der Waals surface area contributed by atoms with Gasteiger partial charge in [0.2, 0.25) is 5.91 Å². The molecule has 4 heteroatoms. The van der Waals surface area contributed by atoms with Gasteiger partial charge in [-0.3, -0.25) is 4.79 Å². The minimum atomic E-state index is -0.190. The van der Waals surface area contributed by atoms with E-state index in [2.05, 4.69) is 17.6 Å². The zero-order chi connectivity index (χ0) is 14.8. The van der Waals surface area contributed by atoms with E-state index in [1.165, 1.54) is 12.8 Å². The molecule has 1 rings (SSSR count). The summed E-state index contributed by atoms with van der Waals surface area (Å²) in [7, 11) is 1.64. The summed E-state index contributed by atoms with van der Waals surface area (Å²) in [5.41, 5.74) is 1.14. The number of hydrogen-bond acceptors (Lipinski definition) is 3. The lowest BCUT2D eigenvalue weighted by molar-refractivity contribution is -0.122. The topological polar surface area (TPSA) is 50.4 Å². The molecule has 0 radical (unpaired) electrons. The molecule has 1 unspecified atom stereocenters. The van der Waals surface area contributed by atoms with Gasteiger partial charge in [0.05, 0.1) is 12.6 Å². The highest BCUT2D eigenvalue weighted by atomic mass is 16.5. The molecule has 0 heterocycles. The molecule has 112 valence electrons. The van der Waals surface area contributed by atoms with Gasteiger partial charge in [-0.15, -0.1) is 0 Å². The fourth-order valence-electron chi connectivity index (χ4n) is 1.83. The maximum Gasteiger partial charge on any atom is 0.236 e. The number of hydrogen-bond donors (Lipinski definition) is 2. The Hall–Kier alpha value is -1.55. The van der Waals surface area contributed by atoms with Crippen LogP contribution in [0, 0.1) is 0 Å². The van der Waals surface area contributed by atoms with Gasteiger partial charge in [0.15, 0.2) is 0 Å². The summed E-state index contributed by atoms with van der Waals surface area (Å²) >= 11 is 0. The Balaban J connectivity index is 2.33. The van der Waals surface area contributed by atoms with Crippen LogP contribution in [0.4, 0.5) is 0 Å². The minimum absolute atomic E-state index is 0.000813. The van der Waals surface area contributed by atoms with Crippen LogP contribution in [-0.2, 0) is 11.3 Å². The van der Waals surface area contributed by atoms with E-state index in [1.807, 2.05) is 31.2 Å². The summed E-state index contributed by atoms with van der Waals surface area (Å²) in [5.74, 6) is 0.907. The standard InChI is InChI=1S/C16H26N2O2/c1-4-5-6-11-20-15-9-7-14(8-10-15)12-18-13(2)16(19)17-3/h7-10,13,18H,4-6,11-12H2,1-3H3,(H,17,19). The second-order valence-corrected chi connectivity index (χ2v) is 4.92. The monoisotopic (exact) mass is 278 g/mol. The molecule has 0 aliphatic rings. The molecule has 1 aromatic rings. The predicted octanol–water partition coefficient (Wildman–Crippen LogP) is 2.48. The van der Waals surface area contributed by atoms with Crippen LogP contribution in [0.15, 0.2) is 24.3 Å². The van der Waals surface area contributed by atoms with E-state index in [0.717, 1.165) is 24.3 Å². The Morgan fingerprint density at radius 2 is 1.95 bits per heavy atom. The molecule has 0 aliphatic carbocycles. The van der Waals surface area contributed by atoms with E-state index in [1.54, 1.807) is 7.05 Å². The first-order valence-corrected chi connectivity index (χ1v) is 7.34. The van der Waals surface area contributed by atoms with Crippen LogP contribution in [0.2, 0.25) is 0 Å². The third-order valence-electron chi connectivity index (χ3n) is 3.19. The largest absolute Gasteiger partial charge is 0.494 e. The van der Waals surface area contributed by atoms with Gasteiger partial charge in [-0.1, -0.05) is 31.9 Å². The van der Waals surface area contributed by atoms with Crippen molar-refractivity contribution in [3.63, 3.8) is 0 Å². The average molecular weight is 278 g/mol. The SMILES string of the molecule is CCCCCOc1ccc(CNC(C)C(=O)NC)cc1. The molecule has 0 saturated carbocycles. The van der Waals surface area contributed by atoms with Gasteiger partial charge in [-0.25, -0.2) is 0 Å². The van der Waals surface area contributed by atoms with Crippen LogP contribution < -0.4 is 15.4 Å². The van der Waals surface area contributed by atoms with Crippen molar-refractivity contribution < 1.29 is 9.53 Å². The first-order chi connectivity index (χ1) is 9.67. The van der Waals surface area contributed by atoms with E-state index in [4.69, 9.17) is 4.74 Å².